The van der Waals surface area contributed by atoms with Gasteiger partial charge in [0.1, 0.15) is 17.9 Å². The quantitative estimate of drug-likeness (QED) is 0.214. The fraction of sp³-hybridized carbons (Fsp3) is 0.360. The molecule has 0 saturated carbocycles. The molecule has 8 nitrogen and oxygen atoms in total. The van der Waals surface area contributed by atoms with Gasteiger partial charge in [0.15, 0.2) is 5.78 Å². The molecule has 34 heavy (non-hydrogen) atoms. The first-order valence-electron chi connectivity index (χ1n) is 11.2. The maximum absolute atomic E-state index is 14.7. The minimum Gasteiger partial charge on any atom is -0.326 e. The van der Waals surface area contributed by atoms with E-state index in [1.807, 2.05) is 30.3 Å². The second-order valence-corrected chi connectivity index (χ2v) is 8.45. The molecule has 0 radical (unpaired) electrons. The molecule has 0 aromatic heterocycles. The second kappa shape index (κ2) is 11.0. The molecule has 3 atom stereocenters. The molecular formula is C25H28FN3O5. The van der Waals surface area contributed by atoms with E-state index in [0.717, 1.165) is 10.5 Å². The molecule has 0 bridgehead atoms. The first-order chi connectivity index (χ1) is 16.3. The fourth-order valence-corrected chi connectivity index (χ4v) is 4.03. The lowest BCUT2D eigenvalue weighted by atomic mass is 9.96. The van der Waals surface area contributed by atoms with Crippen molar-refractivity contribution in [2.45, 2.75) is 51.6 Å². The minimum atomic E-state index is -1.15. The zero-order chi connectivity index (χ0) is 24.8. The van der Waals surface area contributed by atoms with Crippen LogP contribution in [0.25, 0.3) is 0 Å². The molecule has 3 N–H and O–H groups in total. The van der Waals surface area contributed by atoms with Crippen LogP contribution < -0.4 is 10.8 Å². The average Bonchev–Trinajstić information content (AvgIpc) is 3.11. The van der Waals surface area contributed by atoms with Crippen molar-refractivity contribution in [2.75, 3.05) is 0 Å². The monoisotopic (exact) mass is 469 g/mol. The molecule has 2 aromatic carbocycles. The first-order valence-corrected chi connectivity index (χ1v) is 11.2. The number of hydrogen-bond acceptors (Lipinski definition) is 5. The molecule has 4 amide bonds. The summed E-state index contributed by atoms with van der Waals surface area (Å²) >= 11 is 0. The number of carbonyl (C=O) groups excluding carboxylic acids is 4. The number of urea groups is 1. The van der Waals surface area contributed by atoms with E-state index in [-0.39, 0.29) is 36.5 Å². The van der Waals surface area contributed by atoms with Crippen LogP contribution in [0.15, 0.2) is 48.5 Å². The van der Waals surface area contributed by atoms with Crippen molar-refractivity contribution >= 4 is 23.6 Å². The third-order valence-corrected chi connectivity index (χ3v) is 6.18. The number of rotatable bonds is 10. The summed E-state index contributed by atoms with van der Waals surface area (Å²) in [5.74, 6) is -2.60. The number of benzene rings is 2. The van der Waals surface area contributed by atoms with Crippen LogP contribution in [-0.4, -0.2) is 45.8 Å². The van der Waals surface area contributed by atoms with Crippen LogP contribution in [0.4, 0.5) is 9.18 Å². The summed E-state index contributed by atoms with van der Waals surface area (Å²) in [5, 5.41) is 11.6. The normalized spacial score (nSPS) is 17.3. The molecule has 1 aliphatic rings. The maximum Gasteiger partial charge on any atom is 0.325 e. The first kappa shape index (κ1) is 25.0. The van der Waals surface area contributed by atoms with Gasteiger partial charge in [0.25, 0.3) is 11.8 Å². The van der Waals surface area contributed by atoms with Gasteiger partial charge in [0.05, 0.1) is 0 Å². The van der Waals surface area contributed by atoms with Crippen LogP contribution in [0.5, 0.6) is 0 Å². The Balaban J connectivity index is 1.66. The number of imide groups is 1. The van der Waals surface area contributed by atoms with E-state index >= 15 is 0 Å². The number of hydroxylamine groups is 1. The van der Waals surface area contributed by atoms with Gasteiger partial charge in [-0.1, -0.05) is 62.7 Å². The number of hydrogen-bond donors (Lipinski definition) is 3. The van der Waals surface area contributed by atoms with E-state index in [2.05, 4.69) is 5.32 Å². The van der Waals surface area contributed by atoms with Crippen molar-refractivity contribution in [3.05, 3.63) is 71.0 Å². The molecule has 1 saturated heterocycles. The van der Waals surface area contributed by atoms with Gasteiger partial charge in [0, 0.05) is 12.0 Å². The van der Waals surface area contributed by atoms with Crippen LogP contribution in [0, 0.1) is 11.7 Å². The van der Waals surface area contributed by atoms with E-state index in [0.29, 0.717) is 12.0 Å². The summed E-state index contributed by atoms with van der Waals surface area (Å²) < 4.78 is 14.7. The van der Waals surface area contributed by atoms with Gasteiger partial charge in [-0.25, -0.2) is 19.6 Å². The number of Topliss-reactive ketones (excluding diaryl/α,β-unsaturated/α-hetero) is 1. The summed E-state index contributed by atoms with van der Waals surface area (Å²) in [4.78, 5) is 50.7. The number of nitrogens with zero attached hydrogens (tertiary/aromatic N) is 1. The van der Waals surface area contributed by atoms with E-state index in [1.54, 1.807) is 19.9 Å². The molecule has 1 heterocycles. The van der Waals surface area contributed by atoms with E-state index in [9.17, 15) is 23.6 Å². The Morgan fingerprint density at radius 1 is 1.18 bits per heavy atom. The van der Waals surface area contributed by atoms with Crippen LogP contribution >= 0.6 is 0 Å². The Morgan fingerprint density at radius 2 is 1.88 bits per heavy atom. The Labute approximate surface area is 197 Å². The predicted molar refractivity (Wildman–Crippen MR) is 122 cm³/mol. The van der Waals surface area contributed by atoms with Crippen molar-refractivity contribution in [3.8, 4) is 0 Å². The lowest BCUT2D eigenvalue weighted by molar-refractivity contribution is -0.142. The second-order valence-electron chi connectivity index (χ2n) is 8.45. The summed E-state index contributed by atoms with van der Waals surface area (Å²) in [6.07, 6.45) is 0.921. The third-order valence-electron chi connectivity index (χ3n) is 6.18. The fourth-order valence-electron chi connectivity index (χ4n) is 4.03. The summed E-state index contributed by atoms with van der Waals surface area (Å²) in [5.41, 5.74) is 2.92. The van der Waals surface area contributed by atoms with Crippen molar-refractivity contribution in [1.82, 2.24) is 15.7 Å². The Bertz CT molecular complexity index is 1080. The van der Waals surface area contributed by atoms with Crippen LogP contribution in [0.3, 0.4) is 0 Å². The Hall–Kier alpha value is -3.59. The summed E-state index contributed by atoms with van der Waals surface area (Å²) in [6.45, 7) is 3.50. The molecule has 9 heteroatoms. The van der Waals surface area contributed by atoms with Crippen LogP contribution in [0.2, 0.25) is 0 Å². The largest absolute Gasteiger partial charge is 0.326 e. The zero-order valence-corrected chi connectivity index (χ0v) is 19.1. The third kappa shape index (κ3) is 5.48. The highest BCUT2D eigenvalue weighted by Gasteiger charge is 2.46. The standard InChI is InChI=1S/C25H28FN3O5/c1-3-15(2)22(23(31)28-34)29-24(32)20(27-25(29)33)12-11-17-9-10-18(14-19(17)26)21(30)13-16-7-5-4-6-8-16/h4-10,14-15,20,22,34H,3,11-13H2,1-2H3,(H,27,33)(H,28,31). The molecule has 0 aliphatic carbocycles. The maximum atomic E-state index is 14.7. The van der Waals surface area contributed by atoms with E-state index < -0.39 is 35.7 Å². The molecule has 0 spiro atoms. The van der Waals surface area contributed by atoms with Crippen LogP contribution in [0.1, 0.15) is 48.2 Å². The van der Waals surface area contributed by atoms with Gasteiger partial charge in [-0.3, -0.25) is 19.6 Å². The van der Waals surface area contributed by atoms with Crippen molar-refractivity contribution in [1.29, 1.82) is 0 Å². The molecule has 2 aromatic rings. The minimum absolute atomic E-state index is 0.114. The highest BCUT2D eigenvalue weighted by molar-refractivity contribution is 6.07. The number of carbonyl (C=O) groups is 4. The lowest BCUT2D eigenvalue weighted by Crippen LogP contribution is -2.52. The topological polar surface area (TPSA) is 116 Å². The highest BCUT2D eigenvalue weighted by Crippen LogP contribution is 2.23. The molecule has 3 unspecified atom stereocenters. The highest BCUT2D eigenvalue weighted by atomic mass is 19.1. The molecule has 1 fully saturated rings. The number of amides is 4. The summed E-state index contributed by atoms with van der Waals surface area (Å²) in [7, 11) is 0. The zero-order valence-electron chi connectivity index (χ0n) is 19.1. The van der Waals surface area contributed by atoms with Gasteiger partial charge in [-0.15, -0.1) is 0 Å². The number of halogens is 1. The Kier molecular flexibility index (Phi) is 8.12. The molecule has 3 rings (SSSR count). The van der Waals surface area contributed by atoms with E-state index in [1.165, 1.54) is 17.6 Å². The lowest BCUT2D eigenvalue weighted by Gasteiger charge is -2.28. The number of aryl methyl sites for hydroxylation is 1. The van der Waals surface area contributed by atoms with Gasteiger partial charge in [-0.05, 0) is 36.0 Å². The van der Waals surface area contributed by atoms with Crippen LogP contribution in [-0.2, 0) is 22.4 Å². The number of ketones is 1. The van der Waals surface area contributed by atoms with Gasteiger partial charge in [-0.2, -0.15) is 0 Å². The van der Waals surface area contributed by atoms with Crippen molar-refractivity contribution in [2.24, 2.45) is 5.92 Å². The number of nitrogens with one attached hydrogen (secondary N) is 2. The SMILES string of the molecule is CCC(C)C(C(=O)NO)N1C(=O)NC(CCc2ccc(C(=O)Cc3ccccc3)cc2F)C1=O. The molecule has 180 valence electrons. The molecule has 1 aliphatic heterocycles. The predicted octanol–water partition coefficient (Wildman–Crippen LogP) is 3.02. The Morgan fingerprint density at radius 3 is 2.50 bits per heavy atom. The average molecular weight is 470 g/mol. The van der Waals surface area contributed by atoms with Gasteiger partial charge in [0.2, 0.25) is 0 Å². The smallest absolute Gasteiger partial charge is 0.325 e. The van der Waals surface area contributed by atoms with Crippen molar-refractivity contribution in [3.63, 3.8) is 0 Å². The summed E-state index contributed by atoms with van der Waals surface area (Å²) in [6, 6.07) is 10.6. The van der Waals surface area contributed by atoms with Gasteiger partial charge >= 0.3 is 6.03 Å². The van der Waals surface area contributed by atoms with E-state index in [4.69, 9.17) is 5.21 Å². The van der Waals surface area contributed by atoms with Crippen molar-refractivity contribution < 1.29 is 28.8 Å². The van der Waals surface area contributed by atoms with Gasteiger partial charge < -0.3 is 5.32 Å². The molecular weight excluding hydrogens is 441 g/mol.